The van der Waals surface area contributed by atoms with Crippen LogP contribution in [-0.4, -0.2) is 29.9 Å². The number of amides is 1. The molecule has 19 heavy (non-hydrogen) atoms. The van der Waals surface area contributed by atoms with Crippen LogP contribution in [0.2, 0.25) is 0 Å². The molecule has 0 aromatic carbocycles. The van der Waals surface area contributed by atoms with Crippen LogP contribution in [0.1, 0.15) is 35.6 Å². The van der Waals surface area contributed by atoms with E-state index in [0.29, 0.717) is 0 Å². The van der Waals surface area contributed by atoms with E-state index in [0.717, 1.165) is 25.9 Å². The first-order chi connectivity index (χ1) is 9.02. The SMILES string of the molecule is CCC(N)C(c1ccc(C)s1)N1CCC(C(N)=O)C1. The molecule has 0 radical (unpaired) electrons. The minimum absolute atomic E-state index is 0.0207. The van der Waals surface area contributed by atoms with Crippen molar-refractivity contribution in [3.05, 3.63) is 21.9 Å². The van der Waals surface area contributed by atoms with E-state index in [1.165, 1.54) is 9.75 Å². The lowest BCUT2D eigenvalue weighted by Gasteiger charge is -2.31. The Kier molecular flexibility index (Phi) is 4.60. The molecule has 3 unspecified atom stereocenters. The molecule has 5 heteroatoms. The number of hydrogen-bond acceptors (Lipinski definition) is 4. The zero-order valence-electron chi connectivity index (χ0n) is 11.6. The molecule has 1 aromatic heterocycles. The molecule has 0 saturated carbocycles. The molecule has 1 fully saturated rings. The molecule has 106 valence electrons. The second kappa shape index (κ2) is 6.03. The monoisotopic (exact) mass is 281 g/mol. The molecule has 0 aliphatic carbocycles. The van der Waals surface area contributed by atoms with Crippen molar-refractivity contribution in [3.8, 4) is 0 Å². The third kappa shape index (κ3) is 3.16. The molecular weight excluding hydrogens is 258 g/mol. The number of carbonyl (C=O) groups excluding carboxylic acids is 1. The Bertz CT molecular complexity index is 446. The zero-order chi connectivity index (χ0) is 14.0. The molecule has 2 rings (SSSR count). The number of carbonyl (C=O) groups is 1. The molecule has 0 spiro atoms. The second-order valence-electron chi connectivity index (χ2n) is 5.35. The molecular formula is C14H23N3OS. The van der Waals surface area contributed by atoms with E-state index < -0.39 is 0 Å². The maximum absolute atomic E-state index is 11.3. The summed E-state index contributed by atoms with van der Waals surface area (Å²) in [4.78, 5) is 16.2. The molecule has 1 amide bonds. The molecule has 1 aliphatic heterocycles. The van der Waals surface area contributed by atoms with Gasteiger partial charge in [0.15, 0.2) is 0 Å². The number of likely N-dealkylation sites (tertiary alicyclic amines) is 1. The van der Waals surface area contributed by atoms with E-state index >= 15 is 0 Å². The summed E-state index contributed by atoms with van der Waals surface area (Å²) < 4.78 is 0. The molecule has 0 bridgehead atoms. The molecule has 4 N–H and O–H groups in total. The number of rotatable bonds is 5. The van der Waals surface area contributed by atoms with Gasteiger partial charge in [-0.05, 0) is 38.4 Å². The number of thiophene rings is 1. The minimum atomic E-state index is -0.186. The fourth-order valence-corrected chi connectivity index (χ4v) is 3.86. The average Bonchev–Trinajstić information content (AvgIpc) is 2.99. The van der Waals surface area contributed by atoms with Crippen LogP contribution in [0.3, 0.4) is 0 Å². The van der Waals surface area contributed by atoms with Crippen molar-refractivity contribution in [2.45, 2.75) is 38.8 Å². The van der Waals surface area contributed by atoms with E-state index in [1.54, 1.807) is 11.3 Å². The van der Waals surface area contributed by atoms with Crippen molar-refractivity contribution in [3.63, 3.8) is 0 Å². The van der Waals surface area contributed by atoms with Crippen molar-refractivity contribution in [2.75, 3.05) is 13.1 Å². The van der Waals surface area contributed by atoms with Crippen molar-refractivity contribution >= 4 is 17.2 Å². The summed E-state index contributed by atoms with van der Waals surface area (Å²) in [5.74, 6) is -0.207. The van der Waals surface area contributed by atoms with E-state index in [-0.39, 0.29) is 23.9 Å². The van der Waals surface area contributed by atoms with Crippen LogP contribution < -0.4 is 11.5 Å². The van der Waals surface area contributed by atoms with Crippen LogP contribution in [0.4, 0.5) is 0 Å². The molecule has 1 aromatic rings. The van der Waals surface area contributed by atoms with Gasteiger partial charge in [-0.15, -0.1) is 11.3 Å². The molecule has 1 saturated heterocycles. The molecule has 3 atom stereocenters. The smallest absolute Gasteiger partial charge is 0.221 e. The predicted octanol–water partition coefficient (Wildman–Crippen LogP) is 1.64. The number of aryl methyl sites for hydroxylation is 1. The second-order valence-corrected chi connectivity index (χ2v) is 6.67. The van der Waals surface area contributed by atoms with Gasteiger partial charge in [-0.25, -0.2) is 0 Å². The van der Waals surface area contributed by atoms with Crippen LogP contribution in [0.15, 0.2) is 12.1 Å². The summed E-state index contributed by atoms with van der Waals surface area (Å²) >= 11 is 1.80. The highest BCUT2D eigenvalue weighted by atomic mass is 32.1. The Hall–Kier alpha value is -0.910. The van der Waals surface area contributed by atoms with E-state index in [4.69, 9.17) is 11.5 Å². The lowest BCUT2D eigenvalue weighted by atomic mass is 10.0. The Morgan fingerprint density at radius 2 is 2.32 bits per heavy atom. The van der Waals surface area contributed by atoms with Gasteiger partial charge in [0, 0.05) is 22.3 Å². The van der Waals surface area contributed by atoms with Gasteiger partial charge in [-0.1, -0.05) is 6.92 Å². The van der Waals surface area contributed by atoms with Crippen LogP contribution in [0.25, 0.3) is 0 Å². The van der Waals surface area contributed by atoms with Crippen LogP contribution >= 0.6 is 11.3 Å². The summed E-state index contributed by atoms with van der Waals surface area (Å²) in [6, 6.07) is 4.62. The first kappa shape index (κ1) is 14.5. The Balaban J connectivity index is 2.17. The topological polar surface area (TPSA) is 72.3 Å². The van der Waals surface area contributed by atoms with Crippen LogP contribution in [-0.2, 0) is 4.79 Å². The fraction of sp³-hybridized carbons (Fsp3) is 0.643. The van der Waals surface area contributed by atoms with Crippen LogP contribution in [0.5, 0.6) is 0 Å². The molecule has 1 aliphatic rings. The molecule has 4 nitrogen and oxygen atoms in total. The summed E-state index contributed by atoms with van der Waals surface area (Å²) in [6.07, 6.45) is 1.78. The standard InChI is InChI=1S/C14H23N3OS/c1-3-11(15)13(12-5-4-9(2)19-12)17-7-6-10(8-17)14(16)18/h4-5,10-11,13H,3,6-8,15H2,1-2H3,(H2,16,18). The van der Waals surface area contributed by atoms with Gasteiger partial charge in [0.05, 0.1) is 12.0 Å². The van der Waals surface area contributed by atoms with Crippen molar-refractivity contribution < 1.29 is 4.79 Å². The van der Waals surface area contributed by atoms with Gasteiger partial charge >= 0.3 is 0 Å². The fourth-order valence-electron chi connectivity index (χ4n) is 2.77. The van der Waals surface area contributed by atoms with Gasteiger partial charge in [0.1, 0.15) is 0 Å². The Morgan fingerprint density at radius 3 is 2.79 bits per heavy atom. The largest absolute Gasteiger partial charge is 0.369 e. The lowest BCUT2D eigenvalue weighted by molar-refractivity contribution is -0.121. The van der Waals surface area contributed by atoms with E-state index in [1.807, 2.05) is 0 Å². The highest BCUT2D eigenvalue weighted by Gasteiger charge is 2.34. The van der Waals surface area contributed by atoms with Crippen molar-refractivity contribution in [1.82, 2.24) is 4.90 Å². The third-order valence-corrected chi connectivity index (χ3v) is 5.02. The first-order valence-corrected chi connectivity index (χ1v) is 7.69. The molecule has 2 heterocycles. The van der Waals surface area contributed by atoms with E-state index in [2.05, 4.69) is 30.9 Å². The van der Waals surface area contributed by atoms with Gasteiger partial charge in [0.25, 0.3) is 0 Å². The Labute approximate surface area is 118 Å². The zero-order valence-corrected chi connectivity index (χ0v) is 12.5. The number of hydrogen-bond donors (Lipinski definition) is 2. The highest BCUT2D eigenvalue weighted by molar-refractivity contribution is 7.12. The number of nitrogens with two attached hydrogens (primary N) is 2. The minimum Gasteiger partial charge on any atom is -0.369 e. The summed E-state index contributed by atoms with van der Waals surface area (Å²) in [7, 11) is 0. The van der Waals surface area contributed by atoms with Gasteiger partial charge in [-0.2, -0.15) is 0 Å². The first-order valence-electron chi connectivity index (χ1n) is 6.88. The van der Waals surface area contributed by atoms with Gasteiger partial charge in [0.2, 0.25) is 5.91 Å². The maximum Gasteiger partial charge on any atom is 0.221 e. The van der Waals surface area contributed by atoms with Crippen molar-refractivity contribution in [2.24, 2.45) is 17.4 Å². The van der Waals surface area contributed by atoms with E-state index in [9.17, 15) is 4.79 Å². The number of primary amides is 1. The third-order valence-electron chi connectivity index (χ3n) is 3.95. The normalized spacial score (nSPS) is 23.4. The summed E-state index contributed by atoms with van der Waals surface area (Å²) in [5, 5.41) is 0. The highest BCUT2D eigenvalue weighted by Crippen LogP contribution is 2.34. The quantitative estimate of drug-likeness (QED) is 0.862. The van der Waals surface area contributed by atoms with Crippen LogP contribution in [0, 0.1) is 12.8 Å². The van der Waals surface area contributed by atoms with Crippen molar-refractivity contribution in [1.29, 1.82) is 0 Å². The maximum atomic E-state index is 11.3. The number of nitrogens with zero attached hydrogens (tertiary/aromatic N) is 1. The van der Waals surface area contributed by atoms with Gasteiger partial charge < -0.3 is 11.5 Å². The predicted molar refractivity (Wildman–Crippen MR) is 78.9 cm³/mol. The lowest BCUT2D eigenvalue weighted by Crippen LogP contribution is -2.40. The summed E-state index contributed by atoms with van der Waals surface area (Å²) in [6.45, 7) is 5.87. The average molecular weight is 281 g/mol. The summed E-state index contributed by atoms with van der Waals surface area (Å²) in [5.41, 5.74) is 11.7. The Morgan fingerprint density at radius 1 is 1.58 bits per heavy atom. The van der Waals surface area contributed by atoms with Gasteiger partial charge in [-0.3, -0.25) is 9.69 Å².